The Morgan fingerprint density at radius 3 is 3.28 bits per heavy atom. The molecule has 96 valence electrons. The zero-order valence-electron chi connectivity index (χ0n) is 10.5. The zero-order valence-corrected chi connectivity index (χ0v) is 10.5. The fraction of sp³-hybridized carbons (Fsp3) is 0.462. The third-order valence-corrected chi connectivity index (χ3v) is 3.41. The maximum Gasteiger partial charge on any atom is 0.121 e. The number of imidazole rings is 1. The highest BCUT2D eigenvalue weighted by molar-refractivity contribution is 5.78. The van der Waals surface area contributed by atoms with Gasteiger partial charge >= 0.3 is 0 Å². The summed E-state index contributed by atoms with van der Waals surface area (Å²) in [4.78, 5) is 10.3. The molecule has 1 fully saturated rings. The standard InChI is InChI=1S/C13H18N4O/c1-9-8-18-5-4-17(9)7-13-15-11-3-2-10(14)6-12(11)16-13/h2-3,6,9H,4-5,7-8,14H2,1H3,(H,15,16). The molecule has 3 N–H and O–H groups in total. The van der Waals surface area contributed by atoms with Crippen LogP contribution in [0.5, 0.6) is 0 Å². The summed E-state index contributed by atoms with van der Waals surface area (Å²) in [6.07, 6.45) is 0. The number of nitrogens with one attached hydrogen (secondary N) is 1. The molecule has 1 saturated heterocycles. The Bertz CT molecular complexity index is 551. The van der Waals surface area contributed by atoms with E-state index in [0.717, 1.165) is 48.8 Å². The number of morpholine rings is 1. The van der Waals surface area contributed by atoms with E-state index in [1.54, 1.807) is 0 Å². The predicted molar refractivity (Wildman–Crippen MR) is 71.2 cm³/mol. The Balaban J connectivity index is 1.81. The van der Waals surface area contributed by atoms with Crippen molar-refractivity contribution in [3.8, 4) is 0 Å². The van der Waals surface area contributed by atoms with E-state index >= 15 is 0 Å². The van der Waals surface area contributed by atoms with Crippen molar-refractivity contribution in [1.29, 1.82) is 0 Å². The number of ether oxygens (including phenoxy) is 1. The molecule has 0 spiro atoms. The first-order chi connectivity index (χ1) is 8.72. The van der Waals surface area contributed by atoms with Gasteiger partial charge in [0, 0.05) is 18.3 Å². The van der Waals surface area contributed by atoms with Crippen LogP contribution in [0, 0.1) is 0 Å². The summed E-state index contributed by atoms with van der Waals surface area (Å²) in [5.41, 5.74) is 8.50. The number of nitrogens with zero attached hydrogens (tertiary/aromatic N) is 2. The molecule has 0 bridgehead atoms. The molecular weight excluding hydrogens is 228 g/mol. The van der Waals surface area contributed by atoms with Gasteiger partial charge in [0.15, 0.2) is 0 Å². The van der Waals surface area contributed by atoms with E-state index in [2.05, 4.69) is 21.8 Å². The number of H-pyrrole nitrogens is 1. The number of hydrogen-bond acceptors (Lipinski definition) is 4. The molecule has 2 aromatic rings. The maximum absolute atomic E-state index is 5.76. The second-order valence-corrected chi connectivity index (χ2v) is 4.85. The Hall–Kier alpha value is -1.59. The molecule has 0 aliphatic carbocycles. The third kappa shape index (κ3) is 2.19. The summed E-state index contributed by atoms with van der Waals surface area (Å²) in [6.45, 7) is 5.57. The molecule has 5 nitrogen and oxygen atoms in total. The minimum Gasteiger partial charge on any atom is -0.399 e. The SMILES string of the molecule is CC1COCCN1Cc1nc2ccc(N)cc2[nH]1. The zero-order chi connectivity index (χ0) is 12.5. The Morgan fingerprint density at radius 2 is 2.44 bits per heavy atom. The molecule has 0 amide bonds. The molecule has 1 aliphatic rings. The molecule has 1 aliphatic heterocycles. The Kier molecular flexibility index (Phi) is 2.93. The summed E-state index contributed by atoms with van der Waals surface area (Å²) in [7, 11) is 0. The number of aromatic nitrogens is 2. The number of nitrogens with two attached hydrogens (primary N) is 1. The summed E-state index contributed by atoms with van der Waals surface area (Å²) >= 11 is 0. The van der Waals surface area contributed by atoms with Crippen LogP contribution in [0.2, 0.25) is 0 Å². The summed E-state index contributed by atoms with van der Waals surface area (Å²) in [5.74, 6) is 0.990. The molecule has 18 heavy (non-hydrogen) atoms. The normalized spacial score (nSPS) is 21.5. The first kappa shape index (κ1) is 11.5. The van der Waals surface area contributed by atoms with Crippen molar-refractivity contribution in [2.45, 2.75) is 19.5 Å². The average molecular weight is 246 g/mol. The van der Waals surface area contributed by atoms with Crippen LogP contribution >= 0.6 is 0 Å². The van der Waals surface area contributed by atoms with Crippen LogP contribution in [0.1, 0.15) is 12.7 Å². The molecule has 1 aromatic heterocycles. The van der Waals surface area contributed by atoms with Crippen LogP contribution in [0.3, 0.4) is 0 Å². The third-order valence-electron chi connectivity index (χ3n) is 3.41. The maximum atomic E-state index is 5.76. The number of hydrogen-bond donors (Lipinski definition) is 2. The molecule has 1 unspecified atom stereocenters. The number of nitrogen functional groups attached to an aromatic ring is 1. The van der Waals surface area contributed by atoms with E-state index in [1.165, 1.54) is 0 Å². The van der Waals surface area contributed by atoms with Crippen molar-refractivity contribution in [3.05, 3.63) is 24.0 Å². The second kappa shape index (κ2) is 4.59. The Morgan fingerprint density at radius 1 is 1.56 bits per heavy atom. The Labute approximate surface area is 106 Å². The molecule has 5 heteroatoms. The van der Waals surface area contributed by atoms with Gasteiger partial charge in [-0.05, 0) is 25.1 Å². The lowest BCUT2D eigenvalue weighted by Crippen LogP contribution is -2.43. The molecule has 0 saturated carbocycles. The van der Waals surface area contributed by atoms with Crippen LogP contribution in [0.15, 0.2) is 18.2 Å². The van der Waals surface area contributed by atoms with Gasteiger partial charge in [0.25, 0.3) is 0 Å². The van der Waals surface area contributed by atoms with E-state index in [0.29, 0.717) is 6.04 Å². The summed E-state index contributed by atoms with van der Waals surface area (Å²) in [6, 6.07) is 6.20. The van der Waals surface area contributed by atoms with Crippen molar-refractivity contribution in [3.63, 3.8) is 0 Å². The molecule has 2 heterocycles. The largest absolute Gasteiger partial charge is 0.399 e. The molecule has 3 rings (SSSR count). The highest BCUT2D eigenvalue weighted by Crippen LogP contribution is 2.17. The quantitative estimate of drug-likeness (QED) is 0.785. The van der Waals surface area contributed by atoms with Crippen LogP contribution in [-0.2, 0) is 11.3 Å². The van der Waals surface area contributed by atoms with Gasteiger partial charge in [-0.1, -0.05) is 0 Å². The number of anilines is 1. The van der Waals surface area contributed by atoms with Gasteiger partial charge in [-0.15, -0.1) is 0 Å². The highest BCUT2D eigenvalue weighted by atomic mass is 16.5. The molecule has 0 radical (unpaired) electrons. The van der Waals surface area contributed by atoms with Gasteiger partial charge in [-0.25, -0.2) is 4.98 Å². The smallest absolute Gasteiger partial charge is 0.121 e. The topological polar surface area (TPSA) is 67.2 Å². The van der Waals surface area contributed by atoms with Crippen molar-refractivity contribution >= 4 is 16.7 Å². The monoisotopic (exact) mass is 246 g/mol. The van der Waals surface area contributed by atoms with Crippen molar-refractivity contribution in [2.75, 3.05) is 25.5 Å². The molecule has 1 aromatic carbocycles. The lowest BCUT2D eigenvalue weighted by molar-refractivity contribution is -0.00535. The first-order valence-electron chi connectivity index (χ1n) is 6.28. The van der Waals surface area contributed by atoms with Gasteiger partial charge in [0.1, 0.15) is 5.82 Å². The number of aromatic amines is 1. The number of benzene rings is 1. The average Bonchev–Trinajstić information content (AvgIpc) is 2.73. The lowest BCUT2D eigenvalue weighted by Gasteiger charge is -2.32. The summed E-state index contributed by atoms with van der Waals surface area (Å²) in [5, 5.41) is 0. The minimum absolute atomic E-state index is 0.442. The van der Waals surface area contributed by atoms with Crippen LogP contribution in [0.4, 0.5) is 5.69 Å². The number of rotatable bonds is 2. The number of fused-ring (bicyclic) bond motifs is 1. The van der Waals surface area contributed by atoms with Crippen LogP contribution in [0.25, 0.3) is 11.0 Å². The van der Waals surface area contributed by atoms with Crippen molar-refractivity contribution < 1.29 is 4.74 Å². The van der Waals surface area contributed by atoms with E-state index < -0.39 is 0 Å². The minimum atomic E-state index is 0.442. The van der Waals surface area contributed by atoms with Crippen molar-refractivity contribution in [1.82, 2.24) is 14.9 Å². The van der Waals surface area contributed by atoms with Gasteiger partial charge in [-0.2, -0.15) is 0 Å². The van der Waals surface area contributed by atoms with E-state index in [-0.39, 0.29) is 0 Å². The molecular formula is C13H18N4O. The van der Waals surface area contributed by atoms with Crippen LogP contribution < -0.4 is 5.73 Å². The predicted octanol–water partition coefficient (Wildman–Crippen LogP) is 1.37. The first-order valence-corrected chi connectivity index (χ1v) is 6.28. The van der Waals surface area contributed by atoms with E-state index in [9.17, 15) is 0 Å². The van der Waals surface area contributed by atoms with Gasteiger partial charge in [0.2, 0.25) is 0 Å². The second-order valence-electron chi connectivity index (χ2n) is 4.85. The fourth-order valence-corrected chi connectivity index (χ4v) is 2.34. The highest BCUT2D eigenvalue weighted by Gasteiger charge is 2.19. The van der Waals surface area contributed by atoms with Gasteiger partial charge < -0.3 is 15.5 Å². The van der Waals surface area contributed by atoms with Gasteiger partial charge in [0.05, 0.1) is 30.8 Å². The lowest BCUT2D eigenvalue weighted by atomic mass is 10.2. The molecule has 1 atom stereocenters. The summed E-state index contributed by atoms with van der Waals surface area (Å²) < 4.78 is 5.44. The van der Waals surface area contributed by atoms with Crippen LogP contribution in [-0.4, -0.2) is 40.7 Å². The van der Waals surface area contributed by atoms with E-state index in [1.807, 2.05) is 18.2 Å². The fourth-order valence-electron chi connectivity index (χ4n) is 2.34. The van der Waals surface area contributed by atoms with E-state index in [4.69, 9.17) is 10.5 Å². The van der Waals surface area contributed by atoms with Crippen molar-refractivity contribution in [2.24, 2.45) is 0 Å². The van der Waals surface area contributed by atoms with Gasteiger partial charge in [-0.3, -0.25) is 4.90 Å².